The number of hydrogen-bond donors (Lipinski definition) is 0. The largest absolute Gasteiger partial charge is 0.388 e. The molecule has 0 aromatic carbocycles. The van der Waals surface area contributed by atoms with Crippen molar-refractivity contribution in [1.82, 2.24) is 0 Å². The Kier molecular flexibility index (Phi) is 5.91. The molecule has 0 saturated heterocycles. The van der Waals surface area contributed by atoms with Crippen LogP contribution in [-0.2, 0) is 0 Å². The molecule has 0 aromatic rings. The van der Waals surface area contributed by atoms with Crippen LogP contribution in [0.3, 0.4) is 0 Å². The van der Waals surface area contributed by atoms with E-state index in [4.69, 9.17) is 0 Å². The van der Waals surface area contributed by atoms with E-state index in [1.807, 2.05) is 0 Å². The van der Waals surface area contributed by atoms with Crippen molar-refractivity contribution in [2.24, 2.45) is 0 Å². The van der Waals surface area contributed by atoms with Gasteiger partial charge in [0.25, 0.3) is 0 Å². The smallest absolute Gasteiger partial charge is 0.195 e. The molecule has 0 fully saturated rings. The van der Waals surface area contributed by atoms with Crippen molar-refractivity contribution in [2.75, 3.05) is 0 Å². The molecular weight excluding hydrogens is 531 g/mol. The monoisotopic (exact) mass is 532 g/mol. The van der Waals surface area contributed by atoms with E-state index in [0.29, 0.717) is 15.9 Å². The van der Waals surface area contributed by atoms with E-state index < -0.39 is 40.5 Å². The highest BCUT2D eigenvalue weighted by molar-refractivity contribution is 14.1. The molecule has 0 N–H and O–H groups in total. The zero-order chi connectivity index (χ0) is 18.4. The zero-order valence-electron chi connectivity index (χ0n) is 9.45. The Balaban J connectivity index is 6.23. The maximum Gasteiger partial charge on any atom is 0.388 e. The Hall–Kier alpha value is 0.110. The summed E-state index contributed by atoms with van der Waals surface area (Å²) in [5.74, 6) is -35.2. The fraction of sp³-hybridized carbons (Fsp3) is 0.750. The highest BCUT2D eigenvalue weighted by atomic mass is 127. The average molecular weight is 533 g/mol. The minimum absolute atomic E-state index is 0.0249. The molecule has 0 saturated carbocycles. The zero-order valence-corrected chi connectivity index (χ0v) is 13.2. The molecular formula is C8H2BrF12I. The van der Waals surface area contributed by atoms with Crippen molar-refractivity contribution in [1.29, 1.82) is 0 Å². The van der Waals surface area contributed by atoms with Gasteiger partial charge in [0.2, 0.25) is 0 Å². The predicted molar refractivity (Wildman–Crippen MR) is 61.8 cm³/mol. The fourth-order valence-electron chi connectivity index (χ4n) is 0.965. The Labute approximate surface area is 136 Å². The van der Waals surface area contributed by atoms with Gasteiger partial charge in [-0.15, -0.1) is 0 Å². The third kappa shape index (κ3) is 3.05. The molecule has 0 bridgehead atoms. The van der Waals surface area contributed by atoms with Gasteiger partial charge in [-0.2, -0.15) is 52.7 Å². The van der Waals surface area contributed by atoms with Crippen LogP contribution in [0, 0.1) is 0 Å². The summed E-state index contributed by atoms with van der Waals surface area (Å²) in [5.41, 5.74) is 0. The Bertz CT molecular complexity index is 437. The van der Waals surface area contributed by atoms with E-state index in [1.54, 1.807) is 0 Å². The van der Waals surface area contributed by atoms with Crippen molar-refractivity contribution in [3.8, 4) is 0 Å². The molecule has 0 aliphatic carbocycles. The van der Waals surface area contributed by atoms with Gasteiger partial charge >= 0.3 is 34.4 Å². The first kappa shape index (κ1) is 22.1. The quantitative estimate of drug-likeness (QED) is 0.220. The van der Waals surface area contributed by atoms with Crippen LogP contribution in [0.15, 0.2) is 10.2 Å². The average Bonchev–Trinajstić information content (AvgIpc) is 2.26. The fourth-order valence-corrected chi connectivity index (χ4v) is 1.67. The molecule has 14 heteroatoms. The molecule has 0 nitrogen and oxygen atoms in total. The molecule has 0 amide bonds. The first-order chi connectivity index (χ1) is 9.31. The van der Waals surface area contributed by atoms with Gasteiger partial charge in [0.05, 0.1) is 0 Å². The second kappa shape index (κ2) is 5.88. The summed E-state index contributed by atoms with van der Waals surface area (Å²) in [5, 5.41) is 0. The van der Waals surface area contributed by atoms with E-state index in [2.05, 4.69) is 0 Å². The maximum absolute atomic E-state index is 13.0. The van der Waals surface area contributed by atoms with Gasteiger partial charge in [-0.05, 0) is 26.1 Å². The molecule has 132 valence electrons. The van der Waals surface area contributed by atoms with E-state index in [0.717, 1.165) is 22.6 Å². The molecule has 0 unspecified atom stereocenters. The van der Waals surface area contributed by atoms with Crippen LogP contribution in [0.5, 0.6) is 0 Å². The minimum atomic E-state index is -7.51. The Morgan fingerprint density at radius 2 is 0.909 bits per heavy atom. The first-order valence-corrected chi connectivity index (χ1v) is 6.59. The van der Waals surface area contributed by atoms with Crippen molar-refractivity contribution >= 4 is 38.5 Å². The number of rotatable bonds is 6. The van der Waals surface area contributed by atoms with Gasteiger partial charge in [0, 0.05) is 0 Å². The summed E-state index contributed by atoms with van der Waals surface area (Å²) in [6, 6.07) is 0. The summed E-state index contributed by atoms with van der Waals surface area (Å²) in [7, 11) is 0. The van der Waals surface area contributed by atoms with Crippen LogP contribution in [-0.4, -0.2) is 34.4 Å². The van der Waals surface area contributed by atoms with Crippen molar-refractivity contribution in [3.05, 3.63) is 10.2 Å². The predicted octanol–water partition coefficient (Wildman–Crippen LogP) is 6.10. The SMILES string of the molecule is FC(F)(Br)C(F)(F)C(F)(F)C(F)(F)C(F)(F)C(F)(F)/C=C/I. The van der Waals surface area contributed by atoms with E-state index in [9.17, 15) is 52.7 Å². The Morgan fingerprint density at radius 1 is 0.591 bits per heavy atom. The lowest BCUT2D eigenvalue weighted by atomic mass is 9.94. The van der Waals surface area contributed by atoms with Gasteiger partial charge in [-0.1, -0.05) is 22.6 Å². The van der Waals surface area contributed by atoms with Crippen LogP contribution >= 0.6 is 38.5 Å². The molecule has 0 atom stereocenters. The lowest BCUT2D eigenvalue weighted by molar-refractivity contribution is -0.409. The summed E-state index contributed by atoms with van der Waals surface area (Å²) in [6.07, 6.45) is -0.970. The molecule has 0 aliphatic heterocycles. The minimum Gasteiger partial charge on any atom is -0.195 e. The number of alkyl halides is 13. The van der Waals surface area contributed by atoms with E-state index >= 15 is 0 Å². The summed E-state index contributed by atoms with van der Waals surface area (Å²) in [6.45, 7) is 0. The molecule has 22 heavy (non-hydrogen) atoms. The van der Waals surface area contributed by atoms with Crippen LogP contribution in [0.1, 0.15) is 0 Å². The second-order valence-corrected chi connectivity index (χ2v) is 5.43. The standard InChI is InChI=1S/C8H2BrF12I/c9-8(20,21)7(18,19)6(16,17)5(14,15)4(12,13)3(10,11)1-2-22/h1-2H/b2-1+. The molecule has 0 rings (SSSR count). The van der Waals surface area contributed by atoms with Crippen molar-refractivity contribution < 1.29 is 52.7 Å². The first-order valence-electron chi connectivity index (χ1n) is 4.55. The van der Waals surface area contributed by atoms with Crippen LogP contribution in [0.25, 0.3) is 0 Å². The molecule has 0 aliphatic rings. The summed E-state index contributed by atoms with van der Waals surface area (Å²) < 4.78 is 153. The van der Waals surface area contributed by atoms with Crippen LogP contribution in [0.2, 0.25) is 0 Å². The second-order valence-electron chi connectivity index (χ2n) is 3.71. The van der Waals surface area contributed by atoms with Crippen molar-refractivity contribution in [2.45, 2.75) is 34.4 Å². The summed E-state index contributed by atoms with van der Waals surface area (Å²) in [4.78, 5) is -6.07. The molecule has 0 heterocycles. The van der Waals surface area contributed by atoms with Gasteiger partial charge in [0.15, 0.2) is 0 Å². The number of hydrogen-bond acceptors (Lipinski definition) is 0. The van der Waals surface area contributed by atoms with Gasteiger partial charge in [0.1, 0.15) is 0 Å². The van der Waals surface area contributed by atoms with Gasteiger partial charge in [-0.25, -0.2) is 0 Å². The lowest BCUT2D eigenvalue weighted by Crippen LogP contribution is -2.69. The highest BCUT2D eigenvalue weighted by Crippen LogP contribution is 2.61. The third-order valence-electron chi connectivity index (χ3n) is 2.23. The third-order valence-corrected chi connectivity index (χ3v) is 3.09. The van der Waals surface area contributed by atoms with Crippen molar-refractivity contribution in [3.63, 3.8) is 0 Å². The topological polar surface area (TPSA) is 0 Å². The van der Waals surface area contributed by atoms with Gasteiger partial charge in [-0.3, -0.25) is 0 Å². The maximum atomic E-state index is 13.0. The molecule has 0 aromatic heterocycles. The van der Waals surface area contributed by atoms with Crippen LogP contribution < -0.4 is 0 Å². The van der Waals surface area contributed by atoms with E-state index in [-0.39, 0.29) is 4.08 Å². The highest BCUT2D eigenvalue weighted by Gasteiger charge is 2.89. The normalized spacial score (nSPS) is 16.5. The Morgan fingerprint density at radius 3 is 1.18 bits per heavy atom. The number of allylic oxidation sites excluding steroid dienone is 1. The molecule has 0 spiro atoms. The summed E-state index contributed by atoms with van der Waals surface area (Å²) >= 11 is 1.46. The number of halogens is 14. The van der Waals surface area contributed by atoms with Crippen LogP contribution in [0.4, 0.5) is 52.7 Å². The molecule has 0 radical (unpaired) electrons. The lowest BCUT2D eigenvalue weighted by Gasteiger charge is -2.39. The van der Waals surface area contributed by atoms with E-state index in [1.165, 1.54) is 0 Å². The van der Waals surface area contributed by atoms with Gasteiger partial charge < -0.3 is 0 Å².